The van der Waals surface area contributed by atoms with Crippen molar-refractivity contribution >= 4 is 39.4 Å². The number of anilines is 2. The van der Waals surface area contributed by atoms with Gasteiger partial charge in [-0.2, -0.15) is 9.97 Å². The van der Waals surface area contributed by atoms with Crippen LogP contribution in [0.1, 0.15) is 90.4 Å². The molecule has 4 fully saturated rings. The number of aromatic hydroxyl groups is 1. The van der Waals surface area contributed by atoms with Gasteiger partial charge in [0.25, 0.3) is 0 Å². The lowest BCUT2D eigenvalue weighted by atomic mass is 9.93. The van der Waals surface area contributed by atoms with Crippen LogP contribution in [-0.4, -0.2) is 125 Å². The van der Waals surface area contributed by atoms with Crippen LogP contribution in [0.15, 0.2) is 47.1 Å². The lowest BCUT2D eigenvalue weighted by molar-refractivity contribution is 0.0566. The fraction of sp³-hybridized carbons (Fsp3) is 0.571. The Hall–Kier alpha value is -5.28. The summed E-state index contributed by atoms with van der Waals surface area (Å²) in [6.45, 7) is 15.5. The minimum atomic E-state index is -0.565. The number of ether oxygens (including phenoxy) is 2. The second-order valence-electron chi connectivity index (χ2n) is 19.1. The van der Waals surface area contributed by atoms with E-state index in [2.05, 4.69) is 66.8 Å². The van der Waals surface area contributed by atoms with Gasteiger partial charge in [0, 0.05) is 80.6 Å². The predicted octanol–water partition coefficient (Wildman–Crippen LogP) is 8.16. The smallest absolute Gasteiger partial charge is 0.409 e. The molecule has 0 saturated carbocycles. The van der Waals surface area contributed by atoms with Gasteiger partial charge in [-0.25, -0.2) is 9.18 Å². The zero-order valence-corrected chi connectivity index (χ0v) is 38.2. The summed E-state index contributed by atoms with van der Waals surface area (Å²) in [6, 6.07) is 12.2. The Morgan fingerprint density at radius 1 is 1.00 bits per heavy atom. The number of phenols is 1. The van der Waals surface area contributed by atoms with Gasteiger partial charge >= 0.3 is 12.1 Å². The molecule has 2 bridgehead atoms. The first-order valence-electron chi connectivity index (χ1n) is 23.5. The first kappa shape index (κ1) is 43.9. The topological polar surface area (TPSA) is 145 Å². The lowest BCUT2D eigenvalue weighted by Gasteiger charge is -2.39. The highest BCUT2D eigenvalue weighted by Crippen LogP contribution is 2.39. The van der Waals surface area contributed by atoms with E-state index >= 15 is 4.39 Å². The van der Waals surface area contributed by atoms with Crippen LogP contribution in [0.3, 0.4) is 0 Å². The van der Waals surface area contributed by atoms with Gasteiger partial charge in [0.1, 0.15) is 35.1 Å². The highest BCUT2D eigenvalue weighted by Gasteiger charge is 2.35. The molecule has 6 atom stereocenters. The van der Waals surface area contributed by atoms with Crippen molar-refractivity contribution in [2.75, 3.05) is 69.3 Å². The summed E-state index contributed by atoms with van der Waals surface area (Å²) in [4.78, 5) is 36.4. The Morgan fingerprint density at radius 3 is 2.58 bits per heavy atom. The molecule has 4 saturated heterocycles. The highest BCUT2D eigenvalue weighted by molar-refractivity contribution is 6.01. The van der Waals surface area contributed by atoms with Gasteiger partial charge in [-0.15, -0.1) is 0 Å². The molecule has 1 amide bonds. The number of hydrogen-bond acceptors (Lipinski definition) is 13. The minimum absolute atomic E-state index is 0.0460. The second kappa shape index (κ2) is 18.7. The number of carbonyl (C=O) groups excluding carboxylic acids is 1. The van der Waals surface area contributed by atoms with Crippen molar-refractivity contribution in [3.63, 3.8) is 0 Å². The van der Waals surface area contributed by atoms with Gasteiger partial charge in [-0.05, 0) is 106 Å². The van der Waals surface area contributed by atoms with E-state index in [1.54, 1.807) is 23.2 Å². The Bertz CT molecular complexity index is 2450. The summed E-state index contributed by atoms with van der Waals surface area (Å²) in [6.07, 6.45) is 7.93. The number of phenolic OH excluding ortho intramolecular Hbond substituents is 1. The van der Waals surface area contributed by atoms with E-state index in [4.69, 9.17) is 28.9 Å². The summed E-state index contributed by atoms with van der Waals surface area (Å²) in [5, 5.41) is 21.0. The van der Waals surface area contributed by atoms with Crippen LogP contribution in [0.4, 0.5) is 20.8 Å². The van der Waals surface area contributed by atoms with Crippen LogP contribution < -0.4 is 19.9 Å². The molecule has 0 spiro atoms. The SMILES string of the molecule is CCc1cccc2cc(O)cc(-c3ncc4c(N5CC6CCC(C5)N6)nc(OCC5CCCN(C)C(COC(=O)N6CCN(c7cc(C(C)C(C)C)on7)C(C)C6)CC5)nc4c3F)c12. The number of nitrogens with zero attached hydrogens (tertiary/aromatic N) is 8. The maximum Gasteiger partial charge on any atom is 0.409 e. The van der Waals surface area contributed by atoms with Crippen molar-refractivity contribution in [2.45, 2.75) is 110 Å². The number of likely N-dealkylation sites (N-methyl/N-ethyl adjacent to an activating group) is 1. The van der Waals surface area contributed by atoms with Gasteiger partial charge in [0.05, 0.1) is 12.0 Å². The summed E-state index contributed by atoms with van der Waals surface area (Å²) >= 11 is 0. The van der Waals surface area contributed by atoms with E-state index in [-0.39, 0.29) is 53.0 Å². The molecule has 9 rings (SSSR count). The number of rotatable bonds is 11. The van der Waals surface area contributed by atoms with E-state index in [0.717, 1.165) is 92.5 Å². The molecule has 2 N–H and O–H groups in total. The van der Waals surface area contributed by atoms with Gasteiger partial charge in [0.2, 0.25) is 0 Å². The lowest BCUT2D eigenvalue weighted by Crippen LogP contribution is -2.54. The Kier molecular flexibility index (Phi) is 12.8. The zero-order chi connectivity index (χ0) is 44.6. The van der Waals surface area contributed by atoms with E-state index in [1.807, 2.05) is 24.3 Å². The number of benzene rings is 2. The van der Waals surface area contributed by atoms with Crippen LogP contribution >= 0.6 is 0 Å². The molecule has 342 valence electrons. The van der Waals surface area contributed by atoms with Crippen molar-refractivity contribution in [2.24, 2.45) is 11.8 Å². The Morgan fingerprint density at radius 2 is 1.81 bits per heavy atom. The molecule has 5 aromatic rings. The Labute approximate surface area is 375 Å². The first-order chi connectivity index (χ1) is 30.9. The van der Waals surface area contributed by atoms with Crippen LogP contribution in [0, 0.1) is 17.7 Å². The molecule has 64 heavy (non-hydrogen) atoms. The van der Waals surface area contributed by atoms with Crippen molar-refractivity contribution < 1.29 is 28.3 Å². The number of halogens is 1. The largest absolute Gasteiger partial charge is 0.508 e. The highest BCUT2D eigenvalue weighted by atomic mass is 19.1. The number of hydrogen-bond donors (Lipinski definition) is 2. The average Bonchev–Trinajstić information content (AvgIpc) is 3.91. The number of fused-ring (bicyclic) bond motifs is 4. The zero-order valence-electron chi connectivity index (χ0n) is 38.2. The minimum Gasteiger partial charge on any atom is -0.508 e. The van der Waals surface area contributed by atoms with E-state index in [0.29, 0.717) is 67.6 Å². The number of aromatic nitrogens is 4. The summed E-state index contributed by atoms with van der Waals surface area (Å²) in [7, 11) is 2.11. The predicted molar refractivity (Wildman–Crippen MR) is 247 cm³/mol. The molecule has 6 unspecified atom stereocenters. The van der Waals surface area contributed by atoms with Crippen LogP contribution in [-0.2, 0) is 11.2 Å². The maximum absolute atomic E-state index is 17.1. The number of pyridine rings is 1. The fourth-order valence-electron chi connectivity index (χ4n) is 10.3. The molecular formula is C49H64FN9O5. The van der Waals surface area contributed by atoms with E-state index in [9.17, 15) is 9.90 Å². The van der Waals surface area contributed by atoms with Gasteiger partial charge in [-0.3, -0.25) is 4.98 Å². The summed E-state index contributed by atoms with van der Waals surface area (Å²) in [5.74, 6) is 2.76. The number of piperazine rings is 2. The standard InChI is InChI=1S/C49H64FN9O5/c1-7-33-11-8-12-34-20-38(60)21-39(43(33)34)45-44(50)46-40(23-51-45)47(58-25-35-14-15-36(26-58)52-35)54-48(53-46)62-27-32-10-9-17-56(6)37(16-13-32)28-63-49(61)57-18-19-59(30(4)24-57)42-22-41(64-55-42)31(5)29(2)3/h8,11-12,20-23,29-32,35-37,52,60H,7,9-10,13-19,24-28H2,1-6H3. The third-order valence-electron chi connectivity index (χ3n) is 14.5. The van der Waals surface area contributed by atoms with Crippen molar-refractivity contribution in [3.05, 3.63) is 59.7 Å². The number of carbonyl (C=O) groups is 1. The molecule has 2 aromatic carbocycles. The molecule has 0 aliphatic carbocycles. The molecule has 4 aliphatic rings. The van der Waals surface area contributed by atoms with Gasteiger partial charge in [0.15, 0.2) is 11.6 Å². The van der Waals surface area contributed by atoms with Crippen LogP contribution in [0.2, 0.25) is 0 Å². The number of likely N-dealkylation sites (tertiary alicyclic amines) is 1. The van der Waals surface area contributed by atoms with Crippen LogP contribution in [0.5, 0.6) is 11.8 Å². The fourth-order valence-corrected chi connectivity index (χ4v) is 10.3. The van der Waals surface area contributed by atoms with Crippen molar-refractivity contribution in [3.8, 4) is 23.0 Å². The normalized spacial score (nSPS) is 23.8. The molecular weight excluding hydrogens is 814 g/mol. The van der Waals surface area contributed by atoms with Crippen LogP contribution in [0.25, 0.3) is 32.9 Å². The Balaban J connectivity index is 0.881. The molecule has 7 heterocycles. The third-order valence-corrected chi connectivity index (χ3v) is 14.5. The molecule has 0 radical (unpaired) electrons. The third kappa shape index (κ3) is 9.02. The van der Waals surface area contributed by atoms with Crippen molar-refractivity contribution in [1.82, 2.24) is 35.2 Å². The van der Waals surface area contributed by atoms with Gasteiger partial charge in [-0.1, -0.05) is 51.1 Å². The monoisotopic (exact) mass is 878 g/mol. The maximum atomic E-state index is 17.1. The van der Waals surface area contributed by atoms with E-state index in [1.165, 1.54) is 0 Å². The number of amides is 1. The molecule has 3 aromatic heterocycles. The average molecular weight is 878 g/mol. The second-order valence-corrected chi connectivity index (χ2v) is 19.1. The quantitative estimate of drug-likeness (QED) is 0.132. The number of aryl methyl sites for hydroxylation is 1. The summed E-state index contributed by atoms with van der Waals surface area (Å²) < 4.78 is 35.3. The molecule has 14 nitrogen and oxygen atoms in total. The van der Waals surface area contributed by atoms with Crippen molar-refractivity contribution in [1.29, 1.82) is 0 Å². The van der Waals surface area contributed by atoms with E-state index < -0.39 is 5.82 Å². The van der Waals surface area contributed by atoms with Gasteiger partial charge < -0.3 is 44.0 Å². The summed E-state index contributed by atoms with van der Waals surface area (Å²) in [5.41, 5.74) is 1.86. The number of nitrogens with one attached hydrogen (secondary N) is 1. The molecule has 15 heteroatoms. The first-order valence-corrected chi connectivity index (χ1v) is 23.5. The molecule has 4 aliphatic heterocycles.